The SMILES string of the molecule is CC1(C)CN(c2ncc(C(N)=NO)cc2[N+](=O)[O-])CCS1. The van der Waals surface area contributed by atoms with E-state index < -0.39 is 4.92 Å². The first-order valence-corrected chi connectivity index (χ1v) is 7.34. The Labute approximate surface area is 126 Å². The molecule has 0 amide bonds. The maximum absolute atomic E-state index is 11.3. The molecule has 1 aliphatic rings. The van der Waals surface area contributed by atoms with Crippen molar-refractivity contribution in [3.8, 4) is 0 Å². The highest BCUT2D eigenvalue weighted by Crippen LogP contribution is 2.35. The highest BCUT2D eigenvalue weighted by Gasteiger charge is 2.31. The molecule has 0 atom stereocenters. The number of pyridine rings is 1. The zero-order chi connectivity index (χ0) is 15.6. The molecule has 0 saturated carbocycles. The van der Waals surface area contributed by atoms with E-state index in [4.69, 9.17) is 10.9 Å². The number of thioether (sulfide) groups is 1. The van der Waals surface area contributed by atoms with Gasteiger partial charge in [0.1, 0.15) is 0 Å². The molecule has 1 aliphatic heterocycles. The molecule has 1 aromatic heterocycles. The number of aromatic nitrogens is 1. The lowest BCUT2D eigenvalue weighted by atomic mass is 10.1. The van der Waals surface area contributed by atoms with Crippen molar-refractivity contribution in [1.82, 2.24) is 4.98 Å². The second kappa shape index (κ2) is 5.76. The number of anilines is 1. The van der Waals surface area contributed by atoms with Gasteiger partial charge in [-0.1, -0.05) is 5.16 Å². The van der Waals surface area contributed by atoms with Crippen molar-refractivity contribution in [2.45, 2.75) is 18.6 Å². The van der Waals surface area contributed by atoms with Gasteiger partial charge in [0, 0.05) is 41.4 Å². The van der Waals surface area contributed by atoms with Crippen LogP contribution in [0.5, 0.6) is 0 Å². The van der Waals surface area contributed by atoms with Crippen molar-refractivity contribution in [2.75, 3.05) is 23.7 Å². The highest BCUT2D eigenvalue weighted by atomic mass is 32.2. The summed E-state index contributed by atoms with van der Waals surface area (Å²) < 4.78 is 0.0120. The molecule has 0 spiro atoms. The zero-order valence-corrected chi connectivity index (χ0v) is 12.6. The Morgan fingerprint density at radius 3 is 2.95 bits per heavy atom. The first-order valence-electron chi connectivity index (χ1n) is 6.35. The summed E-state index contributed by atoms with van der Waals surface area (Å²) in [7, 11) is 0. The molecule has 1 aromatic rings. The lowest BCUT2D eigenvalue weighted by molar-refractivity contribution is -0.384. The van der Waals surface area contributed by atoms with Gasteiger partial charge < -0.3 is 15.8 Å². The normalized spacial score (nSPS) is 18.6. The molecule has 1 saturated heterocycles. The maximum Gasteiger partial charge on any atom is 0.312 e. The molecule has 0 aromatic carbocycles. The van der Waals surface area contributed by atoms with Crippen LogP contribution in [0.2, 0.25) is 0 Å². The molecule has 2 heterocycles. The molecular formula is C12H17N5O3S. The van der Waals surface area contributed by atoms with E-state index in [1.54, 1.807) is 0 Å². The van der Waals surface area contributed by atoms with Gasteiger partial charge in [-0.25, -0.2) is 4.98 Å². The molecule has 0 unspecified atom stereocenters. The van der Waals surface area contributed by atoms with E-state index in [9.17, 15) is 10.1 Å². The summed E-state index contributed by atoms with van der Waals surface area (Å²) >= 11 is 1.83. The number of nitrogens with two attached hydrogens (primary N) is 1. The van der Waals surface area contributed by atoms with Crippen LogP contribution in [-0.2, 0) is 0 Å². The zero-order valence-electron chi connectivity index (χ0n) is 11.8. The van der Waals surface area contributed by atoms with Crippen molar-refractivity contribution in [2.24, 2.45) is 10.9 Å². The first-order chi connectivity index (χ1) is 9.84. The predicted octanol–water partition coefficient (Wildman–Crippen LogP) is 1.42. The second-order valence-corrected chi connectivity index (χ2v) is 7.14. The number of rotatable bonds is 3. The third-order valence-corrected chi connectivity index (χ3v) is 4.47. The Kier molecular flexibility index (Phi) is 4.21. The van der Waals surface area contributed by atoms with Crippen molar-refractivity contribution < 1.29 is 10.1 Å². The van der Waals surface area contributed by atoms with Gasteiger partial charge in [0.15, 0.2) is 5.84 Å². The largest absolute Gasteiger partial charge is 0.409 e. The average Bonchev–Trinajstić information content (AvgIpc) is 2.44. The Morgan fingerprint density at radius 2 is 2.38 bits per heavy atom. The van der Waals surface area contributed by atoms with E-state index in [-0.39, 0.29) is 21.8 Å². The van der Waals surface area contributed by atoms with Gasteiger partial charge in [0.25, 0.3) is 0 Å². The topological polar surface area (TPSA) is 118 Å². The summed E-state index contributed by atoms with van der Waals surface area (Å²) in [5, 5.41) is 22.8. The molecule has 114 valence electrons. The van der Waals surface area contributed by atoms with E-state index in [0.29, 0.717) is 18.9 Å². The number of hydrogen-bond donors (Lipinski definition) is 2. The number of nitrogens with zero attached hydrogens (tertiary/aromatic N) is 4. The maximum atomic E-state index is 11.3. The molecule has 2 rings (SSSR count). The summed E-state index contributed by atoms with van der Waals surface area (Å²) in [5.74, 6) is 1.00. The van der Waals surface area contributed by atoms with E-state index in [0.717, 1.165) is 5.75 Å². The van der Waals surface area contributed by atoms with Crippen molar-refractivity contribution in [1.29, 1.82) is 0 Å². The van der Waals surface area contributed by atoms with Gasteiger partial charge in [-0.05, 0) is 13.8 Å². The van der Waals surface area contributed by atoms with Crippen LogP contribution in [0.15, 0.2) is 17.4 Å². The standard InChI is InChI=1S/C12H17N5O3S/c1-12(2)7-16(3-4-21-12)11-9(17(19)20)5-8(6-14-11)10(13)15-18/h5-6,18H,3-4,7H2,1-2H3,(H2,13,15). The number of oxime groups is 1. The summed E-state index contributed by atoms with van der Waals surface area (Å²) in [6, 6.07) is 1.28. The van der Waals surface area contributed by atoms with Crippen LogP contribution in [0.4, 0.5) is 11.5 Å². The molecule has 1 fully saturated rings. The monoisotopic (exact) mass is 311 g/mol. The summed E-state index contributed by atoms with van der Waals surface area (Å²) in [6.07, 6.45) is 1.38. The van der Waals surface area contributed by atoms with E-state index in [1.165, 1.54) is 12.3 Å². The van der Waals surface area contributed by atoms with Crippen molar-refractivity contribution in [3.63, 3.8) is 0 Å². The molecular weight excluding hydrogens is 294 g/mol. The van der Waals surface area contributed by atoms with Gasteiger partial charge in [-0.3, -0.25) is 10.1 Å². The van der Waals surface area contributed by atoms with Crippen LogP contribution < -0.4 is 10.6 Å². The fourth-order valence-corrected chi connectivity index (χ4v) is 3.33. The Bertz CT molecular complexity index is 590. The van der Waals surface area contributed by atoms with Crippen LogP contribution in [0.3, 0.4) is 0 Å². The van der Waals surface area contributed by atoms with Gasteiger partial charge >= 0.3 is 5.69 Å². The Balaban J connectivity index is 2.41. The molecule has 0 radical (unpaired) electrons. The lowest BCUT2D eigenvalue weighted by Crippen LogP contribution is -2.43. The third-order valence-electron chi connectivity index (χ3n) is 3.17. The van der Waals surface area contributed by atoms with Crippen LogP contribution >= 0.6 is 11.8 Å². The van der Waals surface area contributed by atoms with E-state index in [2.05, 4.69) is 24.0 Å². The van der Waals surface area contributed by atoms with E-state index in [1.807, 2.05) is 16.7 Å². The Morgan fingerprint density at radius 1 is 1.67 bits per heavy atom. The minimum absolute atomic E-state index is 0.0120. The summed E-state index contributed by atoms with van der Waals surface area (Å²) in [5.41, 5.74) is 5.54. The molecule has 21 heavy (non-hydrogen) atoms. The average molecular weight is 311 g/mol. The highest BCUT2D eigenvalue weighted by molar-refractivity contribution is 8.00. The predicted molar refractivity (Wildman–Crippen MR) is 82.2 cm³/mol. The van der Waals surface area contributed by atoms with Crippen molar-refractivity contribution >= 4 is 29.1 Å². The van der Waals surface area contributed by atoms with Crippen LogP contribution in [-0.4, -0.2) is 44.5 Å². The van der Waals surface area contributed by atoms with Gasteiger partial charge in [-0.15, -0.1) is 0 Å². The fraction of sp³-hybridized carbons (Fsp3) is 0.500. The van der Waals surface area contributed by atoms with Crippen LogP contribution in [0, 0.1) is 10.1 Å². The fourth-order valence-electron chi connectivity index (χ4n) is 2.22. The summed E-state index contributed by atoms with van der Waals surface area (Å²) in [4.78, 5) is 16.9. The number of amidine groups is 1. The summed E-state index contributed by atoms with van der Waals surface area (Å²) in [6.45, 7) is 5.57. The Hall–Kier alpha value is -2.03. The second-order valence-electron chi connectivity index (χ2n) is 5.34. The minimum Gasteiger partial charge on any atom is -0.409 e. The lowest BCUT2D eigenvalue weighted by Gasteiger charge is -2.37. The number of hydrogen-bond acceptors (Lipinski definition) is 7. The minimum atomic E-state index is -0.495. The van der Waals surface area contributed by atoms with Crippen LogP contribution in [0.1, 0.15) is 19.4 Å². The smallest absolute Gasteiger partial charge is 0.312 e. The van der Waals surface area contributed by atoms with Gasteiger partial charge in [-0.2, -0.15) is 11.8 Å². The van der Waals surface area contributed by atoms with Crippen molar-refractivity contribution in [3.05, 3.63) is 27.9 Å². The quantitative estimate of drug-likeness (QED) is 0.285. The molecule has 0 aliphatic carbocycles. The van der Waals surface area contributed by atoms with Gasteiger partial charge in [0.05, 0.1) is 4.92 Å². The molecule has 8 nitrogen and oxygen atoms in total. The van der Waals surface area contributed by atoms with Gasteiger partial charge in [0.2, 0.25) is 5.82 Å². The molecule has 0 bridgehead atoms. The first kappa shape index (κ1) is 15.4. The number of nitro groups is 1. The molecule has 9 heteroatoms. The van der Waals surface area contributed by atoms with E-state index >= 15 is 0 Å². The molecule has 3 N–H and O–H groups in total. The van der Waals surface area contributed by atoms with Crippen LogP contribution in [0.25, 0.3) is 0 Å². The third kappa shape index (κ3) is 3.35.